The van der Waals surface area contributed by atoms with E-state index in [-0.39, 0.29) is 28.0 Å². The van der Waals surface area contributed by atoms with Gasteiger partial charge in [-0.05, 0) is 24.3 Å². The van der Waals surface area contributed by atoms with E-state index in [2.05, 4.69) is 0 Å². The Morgan fingerprint density at radius 1 is 0.964 bits per heavy atom. The number of benzene rings is 3. The normalized spacial score (nSPS) is 10.6. The van der Waals surface area contributed by atoms with Crippen molar-refractivity contribution in [2.75, 3.05) is 5.94 Å². The number of nitrogens with zero attached hydrogens (tertiary/aromatic N) is 1. The molecule has 0 fully saturated rings. The van der Waals surface area contributed by atoms with Gasteiger partial charge in [-0.3, -0.25) is 10.1 Å². The number of aromatic hydroxyl groups is 1. The van der Waals surface area contributed by atoms with Crippen molar-refractivity contribution < 1.29 is 14.8 Å². The molecule has 0 aliphatic rings. The molecule has 28 heavy (non-hydrogen) atoms. The number of ether oxygens (including phenoxy) is 1. The van der Waals surface area contributed by atoms with Gasteiger partial charge < -0.3 is 9.84 Å². The zero-order valence-electron chi connectivity index (χ0n) is 14.2. The van der Waals surface area contributed by atoms with E-state index in [0.29, 0.717) is 14.9 Å². The maximum Gasteiger partial charge on any atom is 0.287 e. The molecule has 0 saturated heterocycles. The molecule has 0 aliphatic heterocycles. The molecule has 1 N–H and O–H groups in total. The maximum atomic E-state index is 11.5. The zero-order chi connectivity index (χ0) is 20.1. The Kier molecular flexibility index (Phi) is 6.96. The molecule has 0 spiro atoms. The molecule has 144 valence electrons. The molecule has 0 unspecified atom stereocenters. The first-order valence-electron chi connectivity index (χ1n) is 7.89. The molecule has 0 saturated carbocycles. The van der Waals surface area contributed by atoms with Crippen LogP contribution in [0.5, 0.6) is 11.5 Å². The van der Waals surface area contributed by atoms with E-state index in [0.717, 1.165) is 16.7 Å². The predicted molar refractivity (Wildman–Crippen MR) is 113 cm³/mol. The van der Waals surface area contributed by atoms with Crippen molar-refractivity contribution in [3.05, 3.63) is 80.8 Å². The fourth-order valence-corrected chi connectivity index (χ4v) is 4.44. The third-order valence-corrected chi connectivity index (χ3v) is 6.47. The minimum absolute atomic E-state index is 0.0229. The second kappa shape index (κ2) is 9.43. The van der Waals surface area contributed by atoms with E-state index in [1.54, 1.807) is 30.3 Å². The van der Waals surface area contributed by atoms with Gasteiger partial charge in [0, 0.05) is 15.9 Å². The number of hydrogen-bond acceptors (Lipinski definition) is 6. The van der Waals surface area contributed by atoms with Gasteiger partial charge in [-0.25, -0.2) is 0 Å². The fraction of sp³-hybridized carbons (Fsp3) is 0.0526. The molecule has 3 aromatic carbocycles. The molecular weight excluding hydrogens is 441 g/mol. The lowest BCUT2D eigenvalue weighted by atomic mass is 10.3. The third-order valence-electron chi connectivity index (χ3n) is 3.56. The van der Waals surface area contributed by atoms with Crippen LogP contribution >= 0.6 is 46.7 Å². The monoisotopic (exact) mass is 453 g/mol. The molecule has 0 bridgehead atoms. The van der Waals surface area contributed by atoms with E-state index in [4.69, 9.17) is 27.9 Å². The second-order valence-corrected chi connectivity index (χ2v) is 8.28. The summed E-state index contributed by atoms with van der Waals surface area (Å²) < 4.78 is 5.53. The van der Waals surface area contributed by atoms with Gasteiger partial charge in [0.2, 0.25) is 0 Å². The van der Waals surface area contributed by atoms with Crippen LogP contribution in [-0.2, 0) is 0 Å². The third kappa shape index (κ3) is 5.05. The number of halogens is 2. The van der Waals surface area contributed by atoms with Crippen molar-refractivity contribution in [1.82, 2.24) is 0 Å². The molecule has 5 nitrogen and oxygen atoms in total. The van der Waals surface area contributed by atoms with Crippen molar-refractivity contribution >= 4 is 52.4 Å². The Bertz CT molecular complexity index is 1020. The molecule has 9 heteroatoms. The number of nitro benzene ring substituents is 1. The van der Waals surface area contributed by atoms with Crippen molar-refractivity contribution in [2.24, 2.45) is 0 Å². The molecule has 3 aromatic rings. The molecular formula is C19H13Cl2NO4S2. The van der Waals surface area contributed by atoms with E-state index in [1.807, 2.05) is 18.2 Å². The van der Waals surface area contributed by atoms with Gasteiger partial charge in [-0.15, -0.1) is 0 Å². The van der Waals surface area contributed by atoms with E-state index >= 15 is 0 Å². The van der Waals surface area contributed by atoms with Crippen molar-refractivity contribution in [1.29, 1.82) is 0 Å². The SMILES string of the molecule is O=[N+]([O-])c1cc(OCSc2ccccc2Cl)c(O)cc1Sc1ccccc1Cl. The Balaban J connectivity index is 1.80. The molecule has 0 amide bonds. The average Bonchev–Trinajstić information content (AvgIpc) is 2.66. The first kappa shape index (κ1) is 20.7. The number of hydrogen-bond donors (Lipinski definition) is 1. The van der Waals surface area contributed by atoms with Gasteiger partial charge in [0.1, 0.15) is 5.94 Å². The van der Waals surface area contributed by atoms with Crippen molar-refractivity contribution in [3.63, 3.8) is 0 Å². The number of thioether (sulfide) groups is 1. The lowest BCUT2D eigenvalue weighted by molar-refractivity contribution is -0.387. The second-order valence-electron chi connectivity index (χ2n) is 5.41. The van der Waals surface area contributed by atoms with Gasteiger partial charge in [-0.1, -0.05) is 71.0 Å². The summed E-state index contributed by atoms with van der Waals surface area (Å²) in [6, 6.07) is 16.8. The molecule has 3 rings (SSSR count). The summed E-state index contributed by atoms with van der Waals surface area (Å²) in [7, 11) is 0. The number of rotatable bonds is 7. The van der Waals surface area contributed by atoms with Crippen LogP contribution in [0.3, 0.4) is 0 Å². The fourth-order valence-electron chi connectivity index (χ4n) is 2.24. The highest BCUT2D eigenvalue weighted by Gasteiger charge is 2.21. The van der Waals surface area contributed by atoms with E-state index < -0.39 is 4.92 Å². The Morgan fingerprint density at radius 3 is 2.18 bits per heavy atom. The smallest absolute Gasteiger partial charge is 0.287 e. The van der Waals surface area contributed by atoms with Gasteiger partial charge in [0.05, 0.1) is 25.9 Å². The van der Waals surface area contributed by atoms with Crippen molar-refractivity contribution in [2.45, 2.75) is 14.7 Å². The largest absolute Gasteiger partial charge is 0.504 e. The van der Waals surface area contributed by atoms with Crippen molar-refractivity contribution in [3.8, 4) is 11.5 Å². The Hall–Kier alpha value is -2.06. The van der Waals surface area contributed by atoms with Crippen LogP contribution in [0.4, 0.5) is 5.69 Å². The predicted octanol–water partition coefficient (Wildman–Crippen LogP) is 6.89. The summed E-state index contributed by atoms with van der Waals surface area (Å²) in [6.45, 7) is 0. The van der Waals surface area contributed by atoms with Crippen LogP contribution in [-0.4, -0.2) is 16.0 Å². The molecule has 0 radical (unpaired) electrons. The summed E-state index contributed by atoms with van der Waals surface area (Å²) in [5.41, 5.74) is -0.180. The van der Waals surface area contributed by atoms with Gasteiger partial charge >= 0.3 is 0 Å². The van der Waals surface area contributed by atoms with Crippen LogP contribution in [0.1, 0.15) is 0 Å². The maximum absolute atomic E-state index is 11.5. The van der Waals surface area contributed by atoms with Gasteiger partial charge in [-0.2, -0.15) is 0 Å². The first-order chi connectivity index (χ1) is 13.5. The van der Waals surface area contributed by atoms with Gasteiger partial charge in [0.15, 0.2) is 11.5 Å². The summed E-state index contributed by atoms with van der Waals surface area (Å²) >= 11 is 14.6. The van der Waals surface area contributed by atoms with Crippen LogP contribution < -0.4 is 4.74 Å². The Morgan fingerprint density at radius 2 is 1.57 bits per heavy atom. The highest BCUT2D eigenvalue weighted by molar-refractivity contribution is 7.99. The molecule has 0 aromatic heterocycles. The molecule has 0 aliphatic carbocycles. The van der Waals surface area contributed by atoms with Crippen LogP contribution in [0, 0.1) is 10.1 Å². The highest BCUT2D eigenvalue weighted by Crippen LogP contribution is 2.43. The summed E-state index contributed by atoms with van der Waals surface area (Å²) in [5.74, 6) is -0.0412. The lowest BCUT2D eigenvalue weighted by Crippen LogP contribution is -1.97. The average molecular weight is 454 g/mol. The summed E-state index contributed by atoms with van der Waals surface area (Å²) in [6.07, 6.45) is 0. The molecule has 0 atom stereocenters. The quantitative estimate of drug-likeness (QED) is 0.181. The Labute approximate surface area is 179 Å². The zero-order valence-corrected chi connectivity index (χ0v) is 17.3. The first-order valence-corrected chi connectivity index (χ1v) is 10.5. The summed E-state index contributed by atoms with van der Waals surface area (Å²) in [5, 5.41) is 22.8. The van der Waals surface area contributed by atoms with Gasteiger partial charge in [0.25, 0.3) is 5.69 Å². The minimum atomic E-state index is -0.521. The topological polar surface area (TPSA) is 72.6 Å². The van der Waals surface area contributed by atoms with Crippen LogP contribution in [0.2, 0.25) is 10.0 Å². The standard InChI is InChI=1S/C19H13Cl2NO4S2/c20-12-5-1-3-7-17(12)27-11-26-16-9-14(22(24)25)19(10-15(16)23)28-18-8-4-2-6-13(18)21/h1-10,23H,11H2. The summed E-state index contributed by atoms with van der Waals surface area (Å²) in [4.78, 5) is 12.7. The molecule has 0 heterocycles. The van der Waals surface area contributed by atoms with E-state index in [1.165, 1.54) is 23.9 Å². The highest BCUT2D eigenvalue weighted by atomic mass is 35.5. The number of phenols is 1. The minimum Gasteiger partial charge on any atom is -0.504 e. The lowest BCUT2D eigenvalue weighted by Gasteiger charge is -2.11. The van der Waals surface area contributed by atoms with Crippen LogP contribution in [0.25, 0.3) is 0 Å². The van der Waals surface area contributed by atoms with E-state index in [9.17, 15) is 15.2 Å². The number of phenolic OH excluding ortho intramolecular Hbond substituents is 1. The number of nitro groups is 1. The van der Waals surface area contributed by atoms with Crippen LogP contribution in [0.15, 0.2) is 75.4 Å².